The van der Waals surface area contributed by atoms with Crippen LogP contribution < -0.4 is 10.9 Å². The maximum Gasteiger partial charge on any atom is 0.262 e. The van der Waals surface area contributed by atoms with Crippen molar-refractivity contribution < 1.29 is 9.53 Å². The van der Waals surface area contributed by atoms with Crippen molar-refractivity contribution in [1.29, 1.82) is 0 Å². The van der Waals surface area contributed by atoms with Gasteiger partial charge < -0.3 is 10.1 Å². The lowest BCUT2D eigenvalue weighted by atomic mass is 10.2. The van der Waals surface area contributed by atoms with Crippen molar-refractivity contribution in [2.75, 3.05) is 19.0 Å². The highest BCUT2D eigenvalue weighted by molar-refractivity contribution is 8.00. The van der Waals surface area contributed by atoms with Crippen LogP contribution in [0.5, 0.6) is 0 Å². The van der Waals surface area contributed by atoms with E-state index in [1.165, 1.54) is 11.8 Å². The molecule has 1 N–H and O–H groups in total. The van der Waals surface area contributed by atoms with Crippen molar-refractivity contribution in [3.63, 3.8) is 0 Å². The summed E-state index contributed by atoms with van der Waals surface area (Å²) in [6.45, 7) is 4.02. The highest BCUT2D eigenvalue weighted by Gasteiger charge is 2.22. The Kier molecular flexibility index (Phi) is 6.95. The minimum atomic E-state index is -0.483. The smallest absolute Gasteiger partial charge is 0.262 e. The molecule has 0 bridgehead atoms. The molecule has 8 heteroatoms. The Labute approximate surface area is 178 Å². The third kappa shape index (κ3) is 4.98. The molecule has 3 rings (SSSR count). The van der Waals surface area contributed by atoms with Gasteiger partial charge in [0.25, 0.3) is 5.56 Å². The Bertz CT molecular complexity index is 1090. The van der Waals surface area contributed by atoms with Gasteiger partial charge in [0, 0.05) is 17.8 Å². The zero-order valence-corrected chi connectivity index (χ0v) is 18.0. The summed E-state index contributed by atoms with van der Waals surface area (Å²) in [4.78, 5) is 30.4. The number of methoxy groups -OCH3 is 1. The first-order valence-electron chi connectivity index (χ1n) is 9.14. The summed E-state index contributed by atoms with van der Waals surface area (Å²) >= 11 is 7.22. The predicted molar refractivity (Wildman–Crippen MR) is 118 cm³/mol. The fourth-order valence-electron chi connectivity index (χ4n) is 2.93. The number of halogens is 1. The van der Waals surface area contributed by atoms with E-state index in [4.69, 9.17) is 16.3 Å². The molecule has 0 fully saturated rings. The number of nitrogens with one attached hydrogen (secondary N) is 1. The molecule has 1 heterocycles. The quantitative estimate of drug-likeness (QED) is 0.444. The number of benzene rings is 2. The molecule has 0 aliphatic carbocycles. The fraction of sp³-hybridized carbons (Fsp3) is 0.286. The Hall–Kier alpha value is -2.35. The molecule has 0 aliphatic heterocycles. The van der Waals surface area contributed by atoms with Crippen LogP contribution in [0.4, 0.5) is 5.69 Å². The molecule has 2 atom stereocenters. The minimum Gasteiger partial charge on any atom is -0.383 e. The molecule has 0 unspecified atom stereocenters. The molecule has 3 aromatic rings. The van der Waals surface area contributed by atoms with Gasteiger partial charge in [0.2, 0.25) is 5.91 Å². The first kappa shape index (κ1) is 21.4. The molecular formula is C21H22ClN3O3S. The second-order valence-corrected chi connectivity index (χ2v) is 8.40. The summed E-state index contributed by atoms with van der Waals surface area (Å²) in [5.74, 6) is -0.203. The van der Waals surface area contributed by atoms with E-state index in [1.54, 1.807) is 55.0 Å². The molecule has 0 saturated heterocycles. The van der Waals surface area contributed by atoms with Gasteiger partial charge in [0.05, 0.1) is 28.8 Å². The molecule has 1 aromatic heterocycles. The van der Waals surface area contributed by atoms with Crippen LogP contribution in [0.3, 0.4) is 0 Å². The van der Waals surface area contributed by atoms with Gasteiger partial charge in [-0.3, -0.25) is 14.2 Å². The molecule has 2 aromatic carbocycles. The third-order valence-corrected chi connectivity index (χ3v) is 5.67. The van der Waals surface area contributed by atoms with Gasteiger partial charge in [-0.2, -0.15) is 0 Å². The highest BCUT2D eigenvalue weighted by atomic mass is 35.5. The summed E-state index contributed by atoms with van der Waals surface area (Å²) in [6.07, 6.45) is 0. The van der Waals surface area contributed by atoms with Gasteiger partial charge in [-0.25, -0.2) is 4.98 Å². The average molecular weight is 432 g/mol. The van der Waals surface area contributed by atoms with Crippen LogP contribution in [0.15, 0.2) is 58.5 Å². The van der Waals surface area contributed by atoms with Crippen LogP contribution in [0.1, 0.15) is 19.9 Å². The fourth-order valence-corrected chi connectivity index (χ4v) is 4.13. The zero-order valence-electron chi connectivity index (χ0n) is 16.4. The minimum absolute atomic E-state index is 0.148. The van der Waals surface area contributed by atoms with Crippen LogP contribution in [0.2, 0.25) is 5.02 Å². The number of rotatable bonds is 7. The molecule has 0 saturated carbocycles. The number of hydrogen-bond donors (Lipinski definition) is 1. The largest absolute Gasteiger partial charge is 0.383 e. The van der Waals surface area contributed by atoms with Gasteiger partial charge in [0.1, 0.15) is 0 Å². The Morgan fingerprint density at radius 1 is 1.24 bits per heavy atom. The van der Waals surface area contributed by atoms with Crippen LogP contribution in [0, 0.1) is 0 Å². The third-order valence-electron chi connectivity index (χ3n) is 4.37. The lowest BCUT2D eigenvalue weighted by molar-refractivity contribution is -0.115. The average Bonchev–Trinajstić information content (AvgIpc) is 2.68. The number of carbonyl (C=O) groups excluding carboxylic acids is 1. The van der Waals surface area contributed by atoms with E-state index in [9.17, 15) is 9.59 Å². The van der Waals surface area contributed by atoms with E-state index >= 15 is 0 Å². The Balaban J connectivity index is 1.92. The molecule has 29 heavy (non-hydrogen) atoms. The van der Waals surface area contributed by atoms with E-state index in [-0.39, 0.29) is 17.5 Å². The van der Waals surface area contributed by atoms with Crippen molar-refractivity contribution in [1.82, 2.24) is 9.55 Å². The maximum atomic E-state index is 13.1. The van der Waals surface area contributed by atoms with Crippen LogP contribution in [0.25, 0.3) is 10.9 Å². The zero-order chi connectivity index (χ0) is 21.0. The lowest BCUT2D eigenvalue weighted by Crippen LogP contribution is -2.30. The number of aromatic nitrogens is 2. The number of amides is 1. The highest BCUT2D eigenvalue weighted by Crippen LogP contribution is 2.26. The molecule has 0 radical (unpaired) electrons. The number of anilines is 1. The number of hydrogen-bond acceptors (Lipinski definition) is 5. The van der Waals surface area contributed by atoms with E-state index in [0.717, 1.165) is 0 Å². The van der Waals surface area contributed by atoms with Crippen molar-refractivity contribution >= 4 is 45.9 Å². The Morgan fingerprint density at radius 2 is 2.00 bits per heavy atom. The summed E-state index contributed by atoms with van der Waals surface area (Å²) in [5, 5.41) is 3.92. The number of nitrogens with zero attached hydrogens (tertiary/aromatic N) is 2. The first-order chi connectivity index (χ1) is 13.9. The number of ether oxygens (including phenoxy) is 1. The SMILES string of the molecule is COC[C@@H](C)n1c(S[C@@H](C)C(=O)Nc2cccc(Cl)c2)nc2ccccc2c1=O. The molecule has 0 aliphatic rings. The van der Waals surface area contributed by atoms with E-state index in [2.05, 4.69) is 10.3 Å². The Morgan fingerprint density at radius 3 is 2.72 bits per heavy atom. The second kappa shape index (κ2) is 9.43. The molecule has 1 amide bonds. The van der Waals surface area contributed by atoms with E-state index in [1.807, 2.05) is 19.1 Å². The molecule has 152 valence electrons. The molecule has 0 spiro atoms. The summed E-state index contributed by atoms with van der Waals surface area (Å²) in [5.41, 5.74) is 1.07. The van der Waals surface area contributed by atoms with Crippen molar-refractivity contribution in [3.8, 4) is 0 Å². The summed E-state index contributed by atoms with van der Waals surface area (Å²) < 4.78 is 6.83. The monoisotopic (exact) mass is 431 g/mol. The maximum absolute atomic E-state index is 13.1. The normalized spacial score (nSPS) is 13.2. The lowest BCUT2D eigenvalue weighted by Gasteiger charge is -2.20. The number of fused-ring (bicyclic) bond motifs is 1. The van der Waals surface area contributed by atoms with Gasteiger partial charge in [0.15, 0.2) is 5.16 Å². The van der Waals surface area contributed by atoms with Gasteiger partial charge in [-0.05, 0) is 44.2 Å². The first-order valence-corrected chi connectivity index (χ1v) is 10.4. The van der Waals surface area contributed by atoms with Gasteiger partial charge in [-0.1, -0.05) is 41.6 Å². The summed E-state index contributed by atoms with van der Waals surface area (Å²) in [6, 6.07) is 13.9. The molecule has 6 nitrogen and oxygen atoms in total. The van der Waals surface area contributed by atoms with E-state index in [0.29, 0.717) is 33.4 Å². The second-order valence-electron chi connectivity index (χ2n) is 6.65. The van der Waals surface area contributed by atoms with Gasteiger partial charge in [-0.15, -0.1) is 0 Å². The van der Waals surface area contributed by atoms with Crippen LogP contribution in [-0.2, 0) is 9.53 Å². The summed E-state index contributed by atoms with van der Waals surface area (Å²) in [7, 11) is 1.59. The molecular weight excluding hydrogens is 410 g/mol. The van der Waals surface area contributed by atoms with Crippen LogP contribution in [-0.4, -0.2) is 34.4 Å². The van der Waals surface area contributed by atoms with Crippen molar-refractivity contribution in [2.24, 2.45) is 0 Å². The number of thioether (sulfide) groups is 1. The van der Waals surface area contributed by atoms with Crippen molar-refractivity contribution in [2.45, 2.75) is 30.3 Å². The van der Waals surface area contributed by atoms with Gasteiger partial charge >= 0.3 is 0 Å². The number of para-hydroxylation sites is 1. The standard InChI is InChI=1S/C21H22ClN3O3S/c1-13(12-28-3)25-20(27)17-9-4-5-10-18(17)24-21(25)29-14(2)19(26)23-16-8-6-7-15(22)11-16/h4-11,13-14H,12H2,1-3H3,(H,23,26)/t13-,14+/m1/s1. The number of carbonyl (C=O) groups is 1. The predicted octanol–water partition coefficient (Wildman–Crippen LogP) is 4.38. The van der Waals surface area contributed by atoms with Crippen molar-refractivity contribution in [3.05, 3.63) is 63.9 Å². The van der Waals surface area contributed by atoms with E-state index < -0.39 is 5.25 Å². The van der Waals surface area contributed by atoms with Crippen LogP contribution >= 0.6 is 23.4 Å². The topological polar surface area (TPSA) is 73.2 Å².